The molecular weight excluding hydrogens is 236 g/mol. The lowest BCUT2D eigenvalue weighted by molar-refractivity contribution is 0.417. The van der Waals surface area contributed by atoms with Gasteiger partial charge in [-0.1, -0.05) is 36.4 Å². The molecular formula is C16H14N2O. The lowest BCUT2D eigenvalue weighted by atomic mass is 9.98. The van der Waals surface area contributed by atoms with E-state index in [0.717, 1.165) is 27.8 Å². The van der Waals surface area contributed by atoms with Gasteiger partial charge >= 0.3 is 0 Å². The second-order valence-electron chi connectivity index (χ2n) is 4.31. The normalized spacial score (nSPS) is 10.6. The highest BCUT2D eigenvalue weighted by molar-refractivity contribution is 6.03. The molecule has 0 bridgehead atoms. The first-order valence-electron chi connectivity index (χ1n) is 6.08. The molecule has 0 amide bonds. The number of rotatable bonds is 2. The van der Waals surface area contributed by atoms with Crippen molar-refractivity contribution in [3.8, 4) is 16.9 Å². The van der Waals surface area contributed by atoms with Crippen molar-refractivity contribution < 1.29 is 4.74 Å². The summed E-state index contributed by atoms with van der Waals surface area (Å²) in [6.07, 6.45) is 1.75. The number of nitrogens with two attached hydrogens (primary N) is 1. The number of benzene rings is 2. The Morgan fingerprint density at radius 1 is 1.05 bits per heavy atom. The van der Waals surface area contributed by atoms with Crippen LogP contribution in [0.3, 0.4) is 0 Å². The number of aromatic nitrogens is 1. The van der Waals surface area contributed by atoms with Crippen molar-refractivity contribution in [2.75, 3.05) is 12.8 Å². The van der Waals surface area contributed by atoms with Gasteiger partial charge in [-0.25, -0.2) is 0 Å². The van der Waals surface area contributed by atoms with Gasteiger partial charge in [-0.3, -0.25) is 4.98 Å². The molecule has 0 atom stereocenters. The van der Waals surface area contributed by atoms with E-state index in [2.05, 4.69) is 17.1 Å². The molecule has 2 aromatic carbocycles. The molecule has 0 radical (unpaired) electrons. The van der Waals surface area contributed by atoms with Crippen LogP contribution in [0, 0.1) is 0 Å². The van der Waals surface area contributed by atoms with Crippen molar-refractivity contribution in [3.05, 3.63) is 54.7 Å². The van der Waals surface area contributed by atoms with E-state index in [1.807, 2.05) is 36.4 Å². The van der Waals surface area contributed by atoms with Crippen LogP contribution < -0.4 is 10.5 Å². The zero-order valence-electron chi connectivity index (χ0n) is 10.6. The van der Waals surface area contributed by atoms with Crippen LogP contribution >= 0.6 is 0 Å². The molecule has 0 aliphatic rings. The largest absolute Gasteiger partial charge is 0.496 e. The van der Waals surface area contributed by atoms with Crippen LogP contribution in [0.5, 0.6) is 5.75 Å². The summed E-state index contributed by atoms with van der Waals surface area (Å²) in [5, 5.41) is 1.01. The Hall–Kier alpha value is -2.55. The molecule has 3 rings (SSSR count). The summed E-state index contributed by atoms with van der Waals surface area (Å²) in [6.45, 7) is 0. The Morgan fingerprint density at radius 3 is 2.58 bits per heavy atom. The van der Waals surface area contributed by atoms with Crippen LogP contribution in [0.15, 0.2) is 54.7 Å². The summed E-state index contributed by atoms with van der Waals surface area (Å²) in [7, 11) is 1.66. The Bertz CT molecular complexity index is 723. The average Bonchev–Trinajstić information content (AvgIpc) is 2.48. The van der Waals surface area contributed by atoms with E-state index in [4.69, 9.17) is 10.5 Å². The van der Waals surface area contributed by atoms with Gasteiger partial charge in [0.1, 0.15) is 5.75 Å². The standard InChI is InChI=1S/C16H14N2O/c1-19-14-10-13(17)16-12(8-5-9-18-16)15(14)11-6-3-2-4-7-11/h2-10H,17H2,1H3. The van der Waals surface area contributed by atoms with E-state index in [0.29, 0.717) is 5.69 Å². The fraction of sp³-hybridized carbons (Fsp3) is 0.0625. The van der Waals surface area contributed by atoms with Crippen LogP contribution in [-0.4, -0.2) is 12.1 Å². The van der Waals surface area contributed by atoms with Gasteiger partial charge in [-0.2, -0.15) is 0 Å². The van der Waals surface area contributed by atoms with E-state index in [-0.39, 0.29) is 0 Å². The second-order valence-corrected chi connectivity index (χ2v) is 4.31. The minimum absolute atomic E-state index is 0.632. The maximum atomic E-state index is 6.04. The minimum Gasteiger partial charge on any atom is -0.496 e. The van der Waals surface area contributed by atoms with Gasteiger partial charge in [-0.05, 0) is 11.6 Å². The highest BCUT2D eigenvalue weighted by atomic mass is 16.5. The Balaban J connectivity index is 2.42. The molecule has 1 aromatic heterocycles. The number of ether oxygens (including phenoxy) is 1. The maximum Gasteiger partial charge on any atom is 0.129 e. The maximum absolute atomic E-state index is 6.04. The Morgan fingerprint density at radius 2 is 1.84 bits per heavy atom. The molecule has 0 saturated heterocycles. The average molecular weight is 250 g/mol. The van der Waals surface area contributed by atoms with Gasteiger partial charge in [0.2, 0.25) is 0 Å². The summed E-state index contributed by atoms with van der Waals surface area (Å²) in [5.41, 5.74) is 9.60. The molecule has 0 fully saturated rings. The molecule has 0 spiro atoms. The van der Waals surface area contributed by atoms with Gasteiger partial charge in [0.15, 0.2) is 0 Å². The van der Waals surface area contributed by atoms with Crippen molar-refractivity contribution in [2.24, 2.45) is 0 Å². The van der Waals surface area contributed by atoms with Crippen molar-refractivity contribution in [3.63, 3.8) is 0 Å². The van der Waals surface area contributed by atoms with Gasteiger partial charge in [0.05, 0.1) is 18.3 Å². The Labute approximate surface area is 111 Å². The van der Waals surface area contributed by atoms with Gasteiger partial charge in [0.25, 0.3) is 0 Å². The van der Waals surface area contributed by atoms with E-state index in [1.54, 1.807) is 13.3 Å². The summed E-state index contributed by atoms with van der Waals surface area (Å²) >= 11 is 0. The number of pyridine rings is 1. The number of methoxy groups -OCH3 is 1. The lowest BCUT2D eigenvalue weighted by Crippen LogP contribution is -1.95. The number of anilines is 1. The quantitative estimate of drug-likeness (QED) is 0.708. The fourth-order valence-corrected chi connectivity index (χ4v) is 2.32. The van der Waals surface area contributed by atoms with E-state index < -0.39 is 0 Å². The monoisotopic (exact) mass is 250 g/mol. The van der Waals surface area contributed by atoms with E-state index in [1.165, 1.54) is 0 Å². The van der Waals surface area contributed by atoms with Crippen molar-refractivity contribution in [2.45, 2.75) is 0 Å². The second kappa shape index (κ2) is 4.61. The number of hydrogen-bond donors (Lipinski definition) is 1. The fourth-order valence-electron chi connectivity index (χ4n) is 2.32. The van der Waals surface area contributed by atoms with E-state index >= 15 is 0 Å². The first-order chi connectivity index (χ1) is 9.31. The smallest absolute Gasteiger partial charge is 0.129 e. The third-order valence-electron chi connectivity index (χ3n) is 3.17. The molecule has 0 saturated carbocycles. The molecule has 1 heterocycles. The highest BCUT2D eigenvalue weighted by Gasteiger charge is 2.13. The zero-order valence-corrected chi connectivity index (χ0v) is 10.6. The molecule has 94 valence electrons. The summed E-state index contributed by atoms with van der Waals surface area (Å²) in [5.74, 6) is 0.768. The van der Waals surface area contributed by atoms with Crippen LogP contribution in [0.2, 0.25) is 0 Å². The molecule has 3 nitrogen and oxygen atoms in total. The predicted molar refractivity (Wildman–Crippen MR) is 78.1 cm³/mol. The summed E-state index contributed by atoms with van der Waals surface area (Å²) in [6, 6.07) is 15.9. The molecule has 3 heteroatoms. The zero-order chi connectivity index (χ0) is 13.2. The van der Waals surface area contributed by atoms with Crippen LogP contribution in [0.25, 0.3) is 22.0 Å². The molecule has 0 unspecified atom stereocenters. The van der Waals surface area contributed by atoms with Gasteiger partial charge in [-0.15, -0.1) is 0 Å². The number of fused-ring (bicyclic) bond motifs is 1. The van der Waals surface area contributed by atoms with Crippen molar-refractivity contribution in [1.29, 1.82) is 0 Å². The molecule has 3 aromatic rings. The van der Waals surface area contributed by atoms with Crippen LogP contribution in [0.4, 0.5) is 5.69 Å². The Kier molecular flexibility index (Phi) is 2.80. The summed E-state index contributed by atoms with van der Waals surface area (Å²) < 4.78 is 5.48. The minimum atomic E-state index is 0.632. The topological polar surface area (TPSA) is 48.1 Å². The molecule has 2 N–H and O–H groups in total. The van der Waals surface area contributed by atoms with Crippen LogP contribution in [-0.2, 0) is 0 Å². The molecule has 19 heavy (non-hydrogen) atoms. The first-order valence-corrected chi connectivity index (χ1v) is 6.08. The van der Waals surface area contributed by atoms with Gasteiger partial charge < -0.3 is 10.5 Å². The highest BCUT2D eigenvalue weighted by Crippen LogP contribution is 2.38. The SMILES string of the molecule is COc1cc(N)c2ncccc2c1-c1ccccc1. The van der Waals surface area contributed by atoms with Crippen molar-refractivity contribution >= 4 is 16.6 Å². The predicted octanol–water partition coefficient (Wildman–Crippen LogP) is 3.49. The molecule has 0 aliphatic carbocycles. The van der Waals surface area contributed by atoms with Crippen molar-refractivity contribution in [1.82, 2.24) is 4.98 Å². The first kappa shape index (κ1) is 11.5. The third kappa shape index (κ3) is 1.89. The summed E-state index contributed by atoms with van der Waals surface area (Å²) in [4.78, 5) is 4.36. The van der Waals surface area contributed by atoms with Gasteiger partial charge in [0, 0.05) is 23.2 Å². The number of nitrogen functional groups attached to an aromatic ring is 1. The van der Waals surface area contributed by atoms with Crippen LogP contribution in [0.1, 0.15) is 0 Å². The number of hydrogen-bond acceptors (Lipinski definition) is 3. The molecule has 0 aliphatic heterocycles. The van der Waals surface area contributed by atoms with E-state index in [9.17, 15) is 0 Å². The number of nitrogens with zero attached hydrogens (tertiary/aromatic N) is 1. The third-order valence-corrected chi connectivity index (χ3v) is 3.17. The lowest BCUT2D eigenvalue weighted by Gasteiger charge is -2.13.